The Labute approximate surface area is 308 Å². The summed E-state index contributed by atoms with van der Waals surface area (Å²) in [6.07, 6.45) is 53.9. The summed E-state index contributed by atoms with van der Waals surface area (Å²) in [5.41, 5.74) is 0. The molecule has 0 aliphatic rings. The van der Waals surface area contributed by atoms with E-state index in [0.717, 1.165) is 83.5 Å². The van der Waals surface area contributed by atoms with Crippen molar-refractivity contribution in [3.63, 3.8) is 0 Å². The van der Waals surface area contributed by atoms with E-state index in [1.165, 1.54) is 70.6 Å². The van der Waals surface area contributed by atoms with Crippen molar-refractivity contribution in [2.45, 2.75) is 187 Å². The SMILES string of the molecule is CC/C=C\C/C=C\C/C=C\C/C=C\CCCCCCC(=O)O[C@@H](CO)COC(=O)CCCCCCCCCCC/C=C\C/C=C\CCCCC. The summed E-state index contributed by atoms with van der Waals surface area (Å²) in [5, 5.41) is 9.56. The zero-order valence-corrected chi connectivity index (χ0v) is 32.4. The zero-order chi connectivity index (χ0) is 36.4. The quantitative estimate of drug-likeness (QED) is 0.0401. The third-order valence-electron chi connectivity index (χ3n) is 8.48. The molecule has 0 saturated heterocycles. The Morgan fingerprint density at radius 3 is 1.30 bits per heavy atom. The Balaban J connectivity index is 3.61. The first-order valence-electron chi connectivity index (χ1n) is 20.5. The van der Waals surface area contributed by atoms with Crippen LogP contribution in [0.25, 0.3) is 0 Å². The maximum absolute atomic E-state index is 12.2. The average Bonchev–Trinajstić information content (AvgIpc) is 3.12. The van der Waals surface area contributed by atoms with E-state index in [9.17, 15) is 14.7 Å². The Hall–Kier alpha value is -2.66. The van der Waals surface area contributed by atoms with Gasteiger partial charge >= 0.3 is 11.9 Å². The van der Waals surface area contributed by atoms with Crippen molar-refractivity contribution in [1.29, 1.82) is 0 Å². The largest absolute Gasteiger partial charge is 0.462 e. The van der Waals surface area contributed by atoms with Gasteiger partial charge in [0.25, 0.3) is 0 Å². The maximum atomic E-state index is 12.2. The molecule has 0 fully saturated rings. The first-order chi connectivity index (χ1) is 24.6. The molecule has 0 aliphatic heterocycles. The predicted octanol–water partition coefficient (Wildman–Crippen LogP) is 13.0. The molecule has 1 N–H and O–H groups in total. The molecule has 0 aliphatic carbocycles. The lowest BCUT2D eigenvalue weighted by molar-refractivity contribution is -0.161. The van der Waals surface area contributed by atoms with Gasteiger partial charge in [0.05, 0.1) is 6.61 Å². The highest BCUT2D eigenvalue weighted by atomic mass is 16.6. The van der Waals surface area contributed by atoms with E-state index in [1.807, 2.05) is 0 Å². The fourth-order valence-electron chi connectivity index (χ4n) is 5.40. The van der Waals surface area contributed by atoms with Crippen molar-refractivity contribution in [2.24, 2.45) is 0 Å². The molecule has 5 nitrogen and oxygen atoms in total. The number of allylic oxidation sites excluding steroid dienone is 12. The van der Waals surface area contributed by atoms with E-state index < -0.39 is 6.10 Å². The molecule has 0 unspecified atom stereocenters. The van der Waals surface area contributed by atoms with Crippen LogP contribution in [0.4, 0.5) is 0 Å². The number of rotatable bonds is 36. The van der Waals surface area contributed by atoms with Crippen LogP contribution in [0, 0.1) is 0 Å². The molecule has 50 heavy (non-hydrogen) atoms. The summed E-state index contributed by atoms with van der Waals surface area (Å²) in [4.78, 5) is 24.3. The Morgan fingerprint density at radius 2 is 0.860 bits per heavy atom. The van der Waals surface area contributed by atoms with Gasteiger partial charge in [-0.15, -0.1) is 0 Å². The highest BCUT2D eigenvalue weighted by Crippen LogP contribution is 2.13. The zero-order valence-electron chi connectivity index (χ0n) is 32.4. The fraction of sp³-hybridized carbons (Fsp3) is 0.689. The molecule has 0 spiro atoms. The van der Waals surface area contributed by atoms with Crippen LogP contribution in [-0.4, -0.2) is 36.4 Å². The lowest BCUT2D eigenvalue weighted by Crippen LogP contribution is -2.28. The van der Waals surface area contributed by atoms with Crippen molar-refractivity contribution in [3.8, 4) is 0 Å². The normalized spacial score (nSPS) is 12.9. The van der Waals surface area contributed by atoms with Crippen molar-refractivity contribution >= 4 is 11.9 Å². The van der Waals surface area contributed by atoms with Crippen LogP contribution in [0.3, 0.4) is 0 Å². The molecule has 0 bridgehead atoms. The number of esters is 2. The number of hydrogen-bond acceptors (Lipinski definition) is 5. The van der Waals surface area contributed by atoms with Gasteiger partial charge in [-0.1, -0.05) is 157 Å². The van der Waals surface area contributed by atoms with Gasteiger partial charge in [-0.2, -0.15) is 0 Å². The first-order valence-corrected chi connectivity index (χ1v) is 20.5. The lowest BCUT2D eigenvalue weighted by atomic mass is 10.1. The van der Waals surface area contributed by atoms with Gasteiger partial charge in [0.1, 0.15) is 6.61 Å². The number of unbranched alkanes of at least 4 members (excludes halogenated alkanes) is 16. The summed E-state index contributed by atoms with van der Waals surface area (Å²) in [7, 11) is 0. The second kappa shape index (κ2) is 40.8. The van der Waals surface area contributed by atoms with E-state index in [2.05, 4.69) is 86.8 Å². The Morgan fingerprint density at radius 1 is 0.480 bits per heavy atom. The Kier molecular flexibility index (Phi) is 38.6. The highest BCUT2D eigenvalue weighted by Gasteiger charge is 2.16. The van der Waals surface area contributed by atoms with E-state index in [0.29, 0.717) is 12.8 Å². The molecule has 0 aromatic rings. The molecule has 286 valence electrons. The van der Waals surface area contributed by atoms with Crippen molar-refractivity contribution in [3.05, 3.63) is 72.9 Å². The molecule has 0 saturated carbocycles. The molecule has 0 aromatic carbocycles. The number of aliphatic hydroxyl groups is 1. The van der Waals surface area contributed by atoms with Crippen LogP contribution in [0.1, 0.15) is 181 Å². The molecule has 5 heteroatoms. The van der Waals surface area contributed by atoms with Gasteiger partial charge in [-0.25, -0.2) is 0 Å². The summed E-state index contributed by atoms with van der Waals surface area (Å²) in [5.74, 6) is -0.628. The van der Waals surface area contributed by atoms with Crippen molar-refractivity contribution < 1.29 is 24.2 Å². The summed E-state index contributed by atoms with van der Waals surface area (Å²) in [6.45, 7) is 3.97. The minimum atomic E-state index is -0.789. The van der Waals surface area contributed by atoms with Crippen LogP contribution in [0.15, 0.2) is 72.9 Å². The second-order valence-electron chi connectivity index (χ2n) is 13.3. The molecule has 0 aromatic heterocycles. The maximum Gasteiger partial charge on any atom is 0.306 e. The molecule has 0 rings (SSSR count). The summed E-state index contributed by atoms with van der Waals surface area (Å²) in [6, 6.07) is 0. The molecular weight excluding hydrogens is 620 g/mol. The molecule has 0 amide bonds. The number of hydrogen-bond donors (Lipinski definition) is 1. The molecule has 0 radical (unpaired) electrons. The van der Waals surface area contributed by atoms with Gasteiger partial charge in [0, 0.05) is 12.8 Å². The van der Waals surface area contributed by atoms with Crippen LogP contribution in [0.5, 0.6) is 0 Å². The van der Waals surface area contributed by atoms with E-state index in [1.54, 1.807) is 0 Å². The standard InChI is InChI=1S/C45H76O5/c1-3-5-7-9-11-13-15-17-19-21-22-24-25-27-29-31-33-35-37-39-44(47)49-42-43(41-46)50-45(48)40-38-36-34-32-30-28-26-23-20-18-16-14-12-10-8-6-4-2/h6,8,11-14,17-20,26,28,43,46H,3-5,7,9-10,15-16,21-25,27,29-42H2,1-2H3/b8-6-,13-11-,14-12-,19-17-,20-18-,28-26-/t43-/m0/s1. The smallest absolute Gasteiger partial charge is 0.306 e. The van der Waals surface area contributed by atoms with Crippen molar-refractivity contribution in [1.82, 2.24) is 0 Å². The topological polar surface area (TPSA) is 72.8 Å². The molecule has 1 atom stereocenters. The van der Waals surface area contributed by atoms with Gasteiger partial charge in [0.2, 0.25) is 0 Å². The van der Waals surface area contributed by atoms with E-state index >= 15 is 0 Å². The van der Waals surface area contributed by atoms with Crippen LogP contribution < -0.4 is 0 Å². The Bertz CT molecular complexity index is 926. The van der Waals surface area contributed by atoms with Gasteiger partial charge in [0.15, 0.2) is 6.10 Å². The predicted molar refractivity (Wildman–Crippen MR) is 214 cm³/mol. The third-order valence-corrected chi connectivity index (χ3v) is 8.48. The number of ether oxygens (including phenoxy) is 2. The fourth-order valence-corrected chi connectivity index (χ4v) is 5.40. The number of aliphatic hydroxyl groups excluding tert-OH is 1. The van der Waals surface area contributed by atoms with Crippen LogP contribution in [-0.2, 0) is 19.1 Å². The number of carbonyl (C=O) groups excluding carboxylic acids is 2. The summed E-state index contributed by atoms with van der Waals surface area (Å²) < 4.78 is 10.6. The average molecular weight is 697 g/mol. The van der Waals surface area contributed by atoms with E-state index in [4.69, 9.17) is 9.47 Å². The monoisotopic (exact) mass is 697 g/mol. The minimum Gasteiger partial charge on any atom is -0.462 e. The first kappa shape index (κ1) is 47.3. The second-order valence-corrected chi connectivity index (χ2v) is 13.3. The molecule has 0 heterocycles. The van der Waals surface area contributed by atoms with Crippen molar-refractivity contribution in [2.75, 3.05) is 13.2 Å². The van der Waals surface area contributed by atoms with Crippen LogP contribution in [0.2, 0.25) is 0 Å². The third kappa shape index (κ3) is 38.1. The van der Waals surface area contributed by atoms with Gasteiger partial charge in [-0.3, -0.25) is 9.59 Å². The van der Waals surface area contributed by atoms with Gasteiger partial charge < -0.3 is 14.6 Å². The van der Waals surface area contributed by atoms with Crippen LogP contribution >= 0.6 is 0 Å². The minimum absolute atomic E-state index is 0.0814. The lowest BCUT2D eigenvalue weighted by Gasteiger charge is -2.15. The highest BCUT2D eigenvalue weighted by molar-refractivity contribution is 5.70. The number of carbonyl (C=O) groups is 2. The molecular formula is C45H76O5. The van der Waals surface area contributed by atoms with E-state index in [-0.39, 0.29) is 25.2 Å². The van der Waals surface area contributed by atoms with Gasteiger partial charge in [-0.05, 0) is 83.5 Å². The summed E-state index contributed by atoms with van der Waals surface area (Å²) >= 11 is 0.